The second-order valence-corrected chi connectivity index (χ2v) is 7.24. The molecule has 0 atom stereocenters. The van der Waals surface area contributed by atoms with Crippen molar-refractivity contribution >= 4 is 35.8 Å². The number of benzene rings is 1. The number of hydrogen-bond acceptors (Lipinski definition) is 4. The van der Waals surface area contributed by atoms with Crippen LogP contribution < -0.4 is 10.6 Å². The van der Waals surface area contributed by atoms with Gasteiger partial charge < -0.3 is 24.9 Å². The fourth-order valence-electron chi connectivity index (χ4n) is 3.13. The first-order valence-electron chi connectivity index (χ1n) is 10.5. The smallest absolute Gasteiger partial charge is 0.287 e. The summed E-state index contributed by atoms with van der Waals surface area (Å²) in [5.74, 6) is 1.84. The third-order valence-electron chi connectivity index (χ3n) is 4.75. The lowest BCUT2D eigenvalue weighted by Gasteiger charge is -2.21. The van der Waals surface area contributed by atoms with E-state index in [1.54, 1.807) is 6.07 Å². The van der Waals surface area contributed by atoms with Crippen LogP contribution in [0, 0.1) is 6.92 Å². The normalized spacial score (nSPS) is 11.0. The summed E-state index contributed by atoms with van der Waals surface area (Å²) in [7, 11) is 1.98. The molecule has 32 heavy (non-hydrogen) atoms. The number of nitrogens with zero attached hydrogens (tertiary/aromatic N) is 3. The number of furan rings is 1. The molecule has 0 saturated heterocycles. The molecule has 172 valence electrons. The number of imidazole rings is 1. The molecule has 1 aromatic carbocycles. The van der Waals surface area contributed by atoms with Gasteiger partial charge in [-0.2, -0.15) is 0 Å². The first-order chi connectivity index (χ1) is 15.1. The van der Waals surface area contributed by atoms with Gasteiger partial charge in [-0.05, 0) is 31.9 Å². The third-order valence-corrected chi connectivity index (χ3v) is 4.75. The van der Waals surface area contributed by atoms with Gasteiger partial charge in [-0.25, -0.2) is 4.98 Å². The standard InChI is InChI=1S/C23H30N6O2.HI/c1-4-24-23(26-13-8-12-25-22(30)21-17(2)11-14-31-21)29(3)16-20-27-15-19(28-20)18-9-6-5-7-10-18;/h5-7,9-11,14-15H,4,8,12-13,16H2,1-3H3,(H,24,26)(H,25,30)(H,27,28);1H. The molecule has 2 heterocycles. The quantitative estimate of drug-likeness (QED) is 0.163. The largest absolute Gasteiger partial charge is 0.459 e. The van der Waals surface area contributed by atoms with Crippen LogP contribution in [0.5, 0.6) is 0 Å². The Hall–Kier alpha value is -2.82. The highest BCUT2D eigenvalue weighted by molar-refractivity contribution is 14.0. The minimum absolute atomic E-state index is 0. The van der Waals surface area contributed by atoms with E-state index in [4.69, 9.17) is 4.42 Å². The van der Waals surface area contributed by atoms with E-state index < -0.39 is 0 Å². The Morgan fingerprint density at radius 3 is 2.69 bits per heavy atom. The molecule has 2 aromatic heterocycles. The van der Waals surface area contributed by atoms with E-state index in [1.165, 1.54) is 6.26 Å². The van der Waals surface area contributed by atoms with Crippen molar-refractivity contribution < 1.29 is 9.21 Å². The van der Waals surface area contributed by atoms with E-state index in [-0.39, 0.29) is 29.9 Å². The highest BCUT2D eigenvalue weighted by atomic mass is 127. The third kappa shape index (κ3) is 7.11. The zero-order chi connectivity index (χ0) is 22.1. The summed E-state index contributed by atoms with van der Waals surface area (Å²) in [6.07, 6.45) is 4.11. The van der Waals surface area contributed by atoms with Crippen LogP contribution >= 0.6 is 24.0 Å². The van der Waals surface area contributed by atoms with Crippen molar-refractivity contribution in [1.82, 2.24) is 25.5 Å². The summed E-state index contributed by atoms with van der Waals surface area (Å²) in [4.78, 5) is 26.6. The predicted octanol–water partition coefficient (Wildman–Crippen LogP) is 3.81. The number of aliphatic imine (C=N–C) groups is 1. The summed E-state index contributed by atoms with van der Waals surface area (Å²) in [5, 5.41) is 6.17. The van der Waals surface area contributed by atoms with Gasteiger partial charge in [-0.1, -0.05) is 30.3 Å². The molecule has 0 fully saturated rings. The van der Waals surface area contributed by atoms with E-state index in [0.717, 1.165) is 41.6 Å². The number of H-pyrrole nitrogens is 1. The van der Waals surface area contributed by atoms with E-state index >= 15 is 0 Å². The number of halogens is 1. The SMILES string of the molecule is CCNC(=NCCCNC(=O)c1occc1C)N(C)Cc1ncc(-c2ccccc2)[nH]1.I. The van der Waals surface area contributed by atoms with Crippen LogP contribution in [0.4, 0.5) is 0 Å². The average Bonchev–Trinajstić information content (AvgIpc) is 3.42. The van der Waals surface area contributed by atoms with Crippen LogP contribution in [-0.4, -0.2) is 53.4 Å². The lowest BCUT2D eigenvalue weighted by atomic mass is 10.2. The van der Waals surface area contributed by atoms with Gasteiger partial charge in [0, 0.05) is 32.2 Å². The van der Waals surface area contributed by atoms with E-state index in [2.05, 4.69) is 37.7 Å². The van der Waals surface area contributed by atoms with E-state index in [0.29, 0.717) is 25.4 Å². The molecule has 0 spiro atoms. The Balaban J connectivity index is 0.00000363. The Labute approximate surface area is 205 Å². The summed E-state index contributed by atoms with van der Waals surface area (Å²) in [6, 6.07) is 11.9. The van der Waals surface area contributed by atoms with Crippen molar-refractivity contribution in [2.45, 2.75) is 26.8 Å². The summed E-state index contributed by atoms with van der Waals surface area (Å²) in [6.45, 7) is 6.39. The topological polar surface area (TPSA) is 98.5 Å². The molecule has 0 saturated carbocycles. The lowest BCUT2D eigenvalue weighted by molar-refractivity contribution is 0.0925. The van der Waals surface area contributed by atoms with Crippen LogP contribution in [0.3, 0.4) is 0 Å². The number of guanidine groups is 1. The highest BCUT2D eigenvalue weighted by Gasteiger charge is 2.12. The molecule has 9 heteroatoms. The summed E-state index contributed by atoms with van der Waals surface area (Å²) < 4.78 is 5.21. The Morgan fingerprint density at radius 2 is 2.00 bits per heavy atom. The van der Waals surface area contributed by atoms with Gasteiger partial charge >= 0.3 is 0 Å². The molecule has 0 aliphatic heterocycles. The van der Waals surface area contributed by atoms with Gasteiger partial charge in [0.2, 0.25) is 0 Å². The zero-order valence-corrected chi connectivity index (χ0v) is 21.1. The van der Waals surface area contributed by atoms with Crippen LogP contribution in [0.2, 0.25) is 0 Å². The molecule has 3 aromatic rings. The monoisotopic (exact) mass is 550 g/mol. The molecule has 8 nitrogen and oxygen atoms in total. The fourth-order valence-corrected chi connectivity index (χ4v) is 3.13. The molecule has 1 amide bonds. The first kappa shape index (κ1) is 25.4. The molecule has 3 N–H and O–H groups in total. The van der Waals surface area contributed by atoms with Crippen LogP contribution in [0.15, 0.2) is 58.3 Å². The second-order valence-electron chi connectivity index (χ2n) is 7.24. The molecule has 0 bridgehead atoms. The minimum Gasteiger partial charge on any atom is -0.459 e. The van der Waals surface area contributed by atoms with Gasteiger partial charge in [-0.3, -0.25) is 9.79 Å². The number of carbonyl (C=O) groups excluding carboxylic acids is 1. The van der Waals surface area contributed by atoms with Gasteiger partial charge in [0.05, 0.1) is 24.7 Å². The maximum Gasteiger partial charge on any atom is 0.287 e. The van der Waals surface area contributed by atoms with Gasteiger partial charge in [0.25, 0.3) is 5.91 Å². The second kappa shape index (κ2) is 12.9. The number of hydrogen-bond donors (Lipinski definition) is 3. The van der Waals surface area contributed by atoms with Gasteiger partial charge in [0.15, 0.2) is 11.7 Å². The Bertz CT molecular complexity index is 999. The van der Waals surface area contributed by atoms with Gasteiger partial charge in [0.1, 0.15) is 5.82 Å². The number of aryl methyl sites for hydroxylation is 1. The predicted molar refractivity (Wildman–Crippen MR) is 137 cm³/mol. The number of amides is 1. The highest BCUT2D eigenvalue weighted by Crippen LogP contribution is 2.16. The van der Waals surface area contributed by atoms with Crippen molar-refractivity contribution in [2.75, 3.05) is 26.7 Å². The molecule has 0 radical (unpaired) electrons. The molecular formula is C23H31IN6O2. The lowest BCUT2D eigenvalue weighted by Crippen LogP contribution is -2.39. The molecular weight excluding hydrogens is 519 g/mol. The Morgan fingerprint density at radius 1 is 1.22 bits per heavy atom. The number of aromatic amines is 1. The van der Waals surface area contributed by atoms with Crippen molar-refractivity contribution in [2.24, 2.45) is 4.99 Å². The number of nitrogens with one attached hydrogen (secondary N) is 3. The Kier molecular flexibility index (Phi) is 10.3. The fraction of sp³-hybridized carbons (Fsp3) is 0.348. The number of rotatable bonds is 9. The zero-order valence-electron chi connectivity index (χ0n) is 18.7. The van der Waals surface area contributed by atoms with E-state index in [9.17, 15) is 4.79 Å². The number of carbonyl (C=O) groups is 1. The van der Waals surface area contributed by atoms with Gasteiger partial charge in [-0.15, -0.1) is 24.0 Å². The van der Waals surface area contributed by atoms with Crippen molar-refractivity contribution in [3.05, 3.63) is 66.0 Å². The van der Waals surface area contributed by atoms with Crippen molar-refractivity contribution in [3.8, 4) is 11.3 Å². The van der Waals surface area contributed by atoms with Crippen molar-refractivity contribution in [3.63, 3.8) is 0 Å². The summed E-state index contributed by atoms with van der Waals surface area (Å²) >= 11 is 0. The minimum atomic E-state index is -0.192. The van der Waals surface area contributed by atoms with Crippen LogP contribution in [0.25, 0.3) is 11.3 Å². The van der Waals surface area contributed by atoms with Crippen LogP contribution in [-0.2, 0) is 6.54 Å². The summed E-state index contributed by atoms with van der Waals surface area (Å²) in [5.41, 5.74) is 2.93. The number of aromatic nitrogens is 2. The maximum absolute atomic E-state index is 12.1. The van der Waals surface area contributed by atoms with Crippen LogP contribution in [0.1, 0.15) is 35.3 Å². The molecule has 0 unspecified atom stereocenters. The molecule has 3 rings (SSSR count). The molecule has 0 aliphatic rings. The van der Waals surface area contributed by atoms with Crippen molar-refractivity contribution in [1.29, 1.82) is 0 Å². The molecule has 0 aliphatic carbocycles. The maximum atomic E-state index is 12.1. The van der Waals surface area contributed by atoms with E-state index in [1.807, 2.05) is 50.2 Å². The average molecular weight is 550 g/mol. The first-order valence-corrected chi connectivity index (χ1v) is 10.5.